The topological polar surface area (TPSA) is 3.24 Å². The molecule has 5 unspecified atom stereocenters. The normalized spacial score (nSPS) is 58.8. The number of nitrogens with zero attached hydrogens (tertiary/aromatic N) is 1. The maximum atomic E-state index is 2.69. The van der Waals surface area contributed by atoms with Gasteiger partial charge in [-0.1, -0.05) is 12.2 Å². The minimum Gasteiger partial charge on any atom is -0.294 e. The van der Waals surface area contributed by atoms with Crippen molar-refractivity contribution in [2.75, 3.05) is 6.54 Å². The van der Waals surface area contributed by atoms with Crippen molar-refractivity contribution in [3.05, 3.63) is 12.2 Å². The highest BCUT2D eigenvalue weighted by molar-refractivity contribution is 5.16. The fraction of sp³-hybridized carbons (Fsp3) is 0.800. The number of hydrogen-bond donors (Lipinski definition) is 0. The van der Waals surface area contributed by atoms with E-state index >= 15 is 0 Å². The fourth-order valence-electron chi connectivity index (χ4n) is 3.31. The highest BCUT2D eigenvalue weighted by Crippen LogP contribution is 2.46. The number of hydrogen-bond acceptors (Lipinski definition) is 1. The maximum Gasteiger partial charge on any atom is 0.0315 e. The number of allylic oxidation sites excluding steroid dienone is 1. The standard InChI is InChI=1S/C10H15N/c1-7-5-8-6-11(7)10-4-2-3-9(8)10/h2,4,7-10H,3,5-6H2,1H3. The number of piperidine rings is 1. The number of fused-ring (bicyclic) bond motifs is 5. The van der Waals surface area contributed by atoms with Crippen LogP contribution in [-0.2, 0) is 0 Å². The SMILES string of the molecule is CC1CC2CN1C1C=CCC21. The summed E-state index contributed by atoms with van der Waals surface area (Å²) in [6.07, 6.45) is 7.63. The van der Waals surface area contributed by atoms with Gasteiger partial charge in [0.25, 0.3) is 0 Å². The summed E-state index contributed by atoms with van der Waals surface area (Å²) in [4.78, 5) is 2.69. The van der Waals surface area contributed by atoms with Gasteiger partial charge in [0.15, 0.2) is 0 Å². The first kappa shape index (κ1) is 6.24. The Labute approximate surface area is 68.1 Å². The van der Waals surface area contributed by atoms with E-state index in [1.165, 1.54) is 19.4 Å². The summed E-state index contributed by atoms with van der Waals surface area (Å²) in [6, 6.07) is 1.70. The van der Waals surface area contributed by atoms with Gasteiger partial charge in [-0.05, 0) is 31.6 Å². The second-order valence-electron chi connectivity index (χ2n) is 4.36. The van der Waals surface area contributed by atoms with Gasteiger partial charge in [-0.15, -0.1) is 0 Å². The third-order valence-corrected chi connectivity index (χ3v) is 3.82. The molecule has 0 amide bonds. The van der Waals surface area contributed by atoms with Crippen LogP contribution in [0.1, 0.15) is 19.8 Å². The van der Waals surface area contributed by atoms with Crippen molar-refractivity contribution >= 4 is 0 Å². The van der Waals surface area contributed by atoms with Gasteiger partial charge in [-0.2, -0.15) is 0 Å². The van der Waals surface area contributed by atoms with Crippen molar-refractivity contribution in [1.29, 1.82) is 0 Å². The third-order valence-electron chi connectivity index (χ3n) is 3.82. The number of rotatable bonds is 0. The van der Waals surface area contributed by atoms with E-state index in [9.17, 15) is 0 Å². The molecule has 0 radical (unpaired) electrons. The molecule has 2 aliphatic heterocycles. The zero-order chi connectivity index (χ0) is 7.42. The Balaban J connectivity index is 1.94. The van der Waals surface area contributed by atoms with Crippen molar-refractivity contribution in [1.82, 2.24) is 4.90 Å². The summed E-state index contributed by atoms with van der Waals surface area (Å²) in [6.45, 7) is 3.77. The third kappa shape index (κ3) is 0.652. The highest BCUT2D eigenvalue weighted by Gasteiger charge is 2.48. The Kier molecular flexibility index (Phi) is 1.07. The van der Waals surface area contributed by atoms with E-state index in [0.29, 0.717) is 0 Å². The first-order valence-corrected chi connectivity index (χ1v) is 4.78. The smallest absolute Gasteiger partial charge is 0.0315 e. The summed E-state index contributed by atoms with van der Waals surface area (Å²) in [5, 5.41) is 0. The predicted molar refractivity (Wildman–Crippen MR) is 45.3 cm³/mol. The molecule has 5 atom stereocenters. The molecule has 2 heterocycles. The Morgan fingerprint density at radius 1 is 1.45 bits per heavy atom. The van der Waals surface area contributed by atoms with Gasteiger partial charge in [-0.25, -0.2) is 0 Å². The van der Waals surface area contributed by atoms with Gasteiger partial charge in [0, 0.05) is 18.6 Å². The van der Waals surface area contributed by atoms with Crippen molar-refractivity contribution < 1.29 is 0 Å². The average molecular weight is 149 g/mol. The van der Waals surface area contributed by atoms with E-state index in [0.717, 1.165) is 23.9 Å². The quantitative estimate of drug-likeness (QED) is 0.473. The molecule has 1 aliphatic carbocycles. The molecule has 0 aromatic carbocycles. The minimum atomic E-state index is 0.837. The van der Waals surface area contributed by atoms with Gasteiger partial charge in [0.2, 0.25) is 0 Å². The largest absolute Gasteiger partial charge is 0.294 e. The first-order chi connectivity index (χ1) is 5.36. The zero-order valence-corrected chi connectivity index (χ0v) is 7.03. The highest BCUT2D eigenvalue weighted by atomic mass is 15.2. The maximum absolute atomic E-state index is 2.69. The van der Waals surface area contributed by atoms with Gasteiger partial charge in [-0.3, -0.25) is 4.90 Å². The first-order valence-electron chi connectivity index (χ1n) is 4.78. The molecule has 2 fully saturated rings. The van der Waals surface area contributed by atoms with Gasteiger partial charge >= 0.3 is 0 Å². The molecule has 3 aliphatic rings. The molecule has 0 saturated carbocycles. The molecular formula is C10H15N. The van der Waals surface area contributed by atoms with E-state index < -0.39 is 0 Å². The van der Waals surface area contributed by atoms with E-state index in [1.54, 1.807) is 0 Å². The minimum absolute atomic E-state index is 0.837. The monoisotopic (exact) mass is 149 g/mol. The summed E-state index contributed by atoms with van der Waals surface area (Å²) >= 11 is 0. The summed E-state index contributed by atoms with van der Waals surface area (Å²) in [7, 11) is 0. The Hall–Kier alpha value is -0.300. The van der Waals surface area contributed by atoms with Crippen molar-refractivity contribution in [2.45, 2.75) is 31.8 Å². The molecule has 2 saturated heterocycles. The fourth-order valence-corrected chi connectivity index (χ4v) is 3.31. The van der Waals surface area contributed by atoms with Crippen LogP contribution in [0.4, 0.5) is 0 Å². The summed E-state index contributed by atoms with van der Waals surface area (Å²) in [5.74, 6) is 2.04. The van der Waals surface area contributed by atoms with E-state index in [1.807, 2.05) is 0 Å². The molecule has 0 aromatic heterocycles. The van der Waals surface area contributed by atoms with Crippen LogP contribution in [0.15, 0.2) is 12.2 Å². The Morgan fingerprint density at radius 3 is 3.27 bits per heavy atom. The van der Waals surface area contributed by atoms with Crippen LogP contribution < -0.4 is 0 Å². The van der Waals surface area contributed by atoms with Crippen LogP contribution in [-0.4, -0.2) is 23.5 Å². The molecule has 0 spiro atoms. The lowest BCUT2D eigenvalue weighted by Gasteiger charge is -2.31. The second-order valence-corrected chi connectivity index (χ2v) is 4.36. The molecule has 11 heavy (non-hydrogen) atoms. The van der Waals surface area contributed by atoms with Gasteiger partial charge in [0.05, 0.1) is 0 Å². The van der Waals surface area contributed by atoms with E-state index in [-0.39, 0.29) is 0 Å². The molecule has 3 rings (SSSR count). The molecule has 0 aromatic rings. The lowest BCUT2D eigenvalue weighted by Crippen LogP contribution is -2.37. The van der Waals surface area contributed by atoms with Crippen molar-refractivity contribution in [2.24, 2.45) is 11.8 Å². The van der Waals surface area contributed by atoms with Crippen molar-refractivity contribution in [3.63, 3.8) is 0 Å². The Morgan fingerprint density at radius 2 is 2.36 bits per heavy atom. The van der Waals surface area contributed by atoms with Crippen LogP contribution >= 0.6 is 0 Å². The Bertz CT molecular complexity index is 209. The molecule has 2 bridgehead atoms. The van der Waals surface area contributed by atoms with Crippen LogP contribution in [0.25, 0.3) is 0 Å². The summed E-state index contributed by atoms with van der Waals surface area (Å²) in [5.41, 5.74) is 0. The molecule has 60 valence electrons. The van der Waals surface area contributed by atoms with Gasteiger partial charge < -0.3 is 0 Å². The molecule has 0 N–H and O–H groups in total. The lowest BCUT2D eigenvalue weighted by atomic mass is 9.86. The van der Waals surface area contributed by atoms with Crippen LogP contribution in [0, 0.1) is 11.8 Å². The zero-order valence-electron chi connectivity index (χ0n) is 7.03. The van der Waals surface area contributed by atoms with Crippen LogP contribution in [0.2, 0.25) is 0 Å². The van der Waals surface area contributed by atoms with Crippen LogP contribution in [0.3, 0.4) is 0 Å². The van der Waals surface area contributed by atoms with E-state index in [4.69, 9.17) is 0 Å². The van der Waals surface area contributed by atoms with Gasteiger partial charge in [0.1, 0.15) is 0 Å². The predicted octanol–water partition coefficient (Wildman–Crippen LogP) is 1.66. The average Bonchev–Trinajstić information content (AvgIpc) is 2.52. The second kappa shape index (κ2) is 1.89. The molecule has 1 nitrogen and oxygen atoms in total. The lowest BCUT2D eigenvalue weighted by molar-refractivity contribution is 0.191. The van der Waals surface area contributed by atoms with Crippen LogP contribution in [0.5, 0.6) is 0 Å². The molecular weight excluding hydrogens is 134 g/mol. The van der Waals surface area contributed by atoms with Crippen molar-refractivity contribution in [3.8, 4) is 0 Å². The summed E-state index contributed by atoms with van der Waals surface area (Å²) < 4.78 is 0. The van der Waals surface area contributed by atoms with E-state index in [2.05, 4.69) is 24.0 Å². The molecule has 1 heteroatoms.